The Morgan fingerprint density at radius 2 is 1.08 bits per heavy atom. The van der Waals surface area contributed by atoms with Crippen molar-refractivity contribution in [3.8, 4) is 11.5 Å². The van der Waals surface area contributed by atoms with Crippen molar-refractivity contribution in [2.45, 2.75) is 0 Å². The number of nitrogen functional groups attached to an aromatic ring is 2. The van der Waals surface area contributed by atoms with Crippen molar-refractivity contribution < 1.29 is 10.2 Å². The second-order valence-electron chi connectivity index (χ2n) is 2.15. The van der Waals surface area contributed by atoms with Crippen molar-refractivity contribution in [3.63, 3.8) is 0 Å². The maximum absolute atomic E-state index is 9.30. The summed E-state index contributed by atoms with van der Waals surface area (Å²) in [5.74, 6) is -0.366. The minimum atomic E-state index is -0.183. The number of rotatable bonds is 0. The fourth-order valence-corrected chi connectivity index (χ4v) is 1.50. The molecule has 0 heterocycles. The number of phenols is 2. The molecule has 0 atom stereocenters. The van der Waals surface area contributed by atoms with Gasteiger partial charge in [-0.3, -0.25) is 0 Å². The van der Waals surface area contributed by atoms with Crippen molar-refractivity contribution in [2.75, 3.05) is 11.5 Å². The Balaban J connectivity index is 3.60. The first kappa shape index (κ1) is 9.47. The van der Waals surface area contributed by atoms with Crippen LogP contribution >= 0.6 is 31.9 Å². The molecule has 0 fully saturated rings. The lowest BCUT2D eigenvalue weighted by Gasteiger charge is -2.09. The number of halogens is 2. The van der Waals surface area contributed by atoms with E-state index >= 15 is 0 Å². The van der Waals surface area contributed by atoms with Gasteiger partial charge < -0.3 is 21.7 Å². The summed E-state index contributed by atoms with van der Waals surface area (Å²) >= 11 is 6.04. The number of hydrogen-bond acceptors (Lipinski definition) is 4. The Morgan fingerprint density at radius 3 is 1.33 bits per heavy atom. The van der Waals surface area contributed by atoms with E-state index < -0.39 is 0 Å². The molecule has 1 rings (SSSR count). The molecule has 0 saturated heterocycles. The molecule has 0 amide bonds. The Labute approximate surface area is 85.4 Å². The molecular formula is C6H6Br2N2O2. The molecule has 0 saturated carbocycles. The van der Waals surface area contributed by atoms with E-state index in [4.69, 9.17) is 11.5 Å². The highest BCUT2D eigenvalue weighted by molar-refractivity contribution is 9.13. The van der Waals surface area contributed by atoms with Crippen LogP contribution in [0.25, 0.3) is 0 Å². The van der Waals surface area contributed by atoms with Gasteiger partial charge in [0, 0.05) is 0 Å². The van der Waals surface area contributed by atoms with Crippen molar-refractivity contribution in [1.29, 1.82) is 0 Å². The molecule has 0 spiro atoms. The summed E-state index contributed by atoms with van der Waals surface area (Å²) in [6.07, 6.45) is 0. The van der Waals surface area contributed by atoms with Crippen LogP contribution in [0.15, 0.2) is 8.95 Å². The molecule has 0 radical (unpaired) electrons. The van der Waals surface area contributed by atoms with Crippen LogP contribution in [0.3, 0.4) is 0 Å². The smallest absolute Gasteiger partial charge is 0.156 e. The van der Waals surface area contributed by atoms with Crippen molar-refractivity contribution in [1.82, 2.24) is 0 Å². The summed E-state index contributed by atoms with van der Waals surface area (Å²) in [5.41, 5.74) is 10.7. The number of nitrogens with two attached hydrogens (primary N) is 2. The molecule has 0 aliphatic carbocycles. The first-order valence-corrected chi connectivity index (χ1v) is 4.49. The second-order valence-corrected chi connectivity index (χ2v) is 3.74. The molecule has 0 aliphatic rings. The standard InChI is InChI=1S/C6H6Br2N2O2/c7-1-2(8)6(12)4(10)3(9)5(1)11/h11-12H,9-10H2. The predicted octanol–water partition coefficient (Wildman–Crippen LogP) is 1.79. The largest absolute Gasteiger partial charge is 0.505 e. The van der Waals surface area contributed by atoms with Crippen molar-refractivity contribution in [2.24, 2.45) is 0 Å². The van der Waals surface area contributed by atoms with Gasteiger partial charge in [-0.1, -0.05) is 0 Å². The first-order chi connectivity index (χ1) is 5.46. The van der Waals surface area contributed by atoms with Crippen LogP contribution in [0.5, 0.6) is 11.5 Å². The Morgan fingerprint density at radius 1 is 0.833 bits per heavy atom. The highest BCUT2D eigenvalue weighted by Gasteiger charge is 2.16. The van der Waals surface area contributed by atoms with Gasteiger partial charge in [-0.15, -0.1) is 0 Å². The third-order valence-corrected chi connectivity index (χ3v) is 3.49. The van der Waals surface area contributed by atoms with Crippen LogP contribution < -0.4 is 11.5 Å². The van der Waals surface area contributed by atoms with Crippen molar-refractivity contribution in [3.05, 3.63) is 8.95 Å². The molecule has 0 aliphatic heterocycles. The third kappa shape index (κ3) is 1.21. The Hall–Kier alpha value is -0.620. The zero-order valence-corrected chi connectivity index (χ0v) is 8.98. The maximum atomic E-state index is 9.30. The number of benzene rings is 1. The highest BCUT2D eigenvalue weighted by Crippen LogP contribution is 2.47. The van der Waals surface area contributed by atoms with E-state index in [1.807, 2.05) is 0 Å². The molecule has 66 valence electrons. The van der Waals surface area contributed by atoms with E-state index in [2.05, 4.69) is 31.9 Å². The minimum absolute atomic E-state index is 0.0393. The van der Waals surface area contributed by atoms with E-state index in [1.54, 1.807) is 0 Å². The molecule has 0 bridgehead atoms. The number of hydrogen-bond donors (Lipinski definition) is 4. The molecule has 6 heteroatoms. The SMILES string of the molecule is Nc1c(N)c(O)c(Br)c(Br)c1O. The van der Waals surface area contributed by atoms with Gasteiger partial charge in [-0.05, 0) is 31.9 Å². The first-order valence-electron chi connectivity index (χ1n) is 2.90. The molecule has 1 aromatic carbocycles. The third-order valence-electron chi connectivity index (χ3n) is 1.41. The summed E-state index contributed by atoms with van der Waals surface area (Å²) in [6.45, 7) is 0. The number of phenolic OH excluding ortho intramolecular Hbond substituents is 2. The summed E-state index contributed by atoms with van der Waals surface area (Å²) in [5, 5.41) is 18.6. The van der Waals surface area contributed by atoms with Gasteiger partial charge >= 0.3 is 0 Å². The second kappa shape index (κ2) is 3.02. The zero-order valence-electron chi connectivity index (χ0n) is 5.81. The fourth-order valence-electron chi connectivity index (χ4n) is 0.699. The molecule has 0 unspecified atom stereocenters. The fraction of sp³-hybridized carbons (Fsp3) is 0. The molecule has 1 aromatic rings. The average molecular weight is 298 g/mol. The quantitative estimate of drug-likeness (QED) is 0.334. The van der Waals surface area contributed by atoms with Crippen LogP contribution in [0.1, 0.15) is 0 Å². The van der Waals surface area contributed by atoms with Gasteiger partial charge in [0.15, 0.2) is 11.5 Å². The Bertz CT molecular complexity index is 236. The molecule has 12 heavy (non-hydrogen) atoms. The van der Waals surface area contributed by atoms with Crippen LogP contribution in [-0.4, -0.2) is 10.2 Å². The lowest BCUT2D eigenvalue weighted by molar-refractivity contribution is 0.459. The van der Waals surface area contributed by atoms with E-state index in [0.29, 0.717) is 0 Å². The van der Waals surface area contributed by atoms with E-state index in [1.165, 1.54) is 0 Å². The summed E-state index contributed by atoms with van der Waals surface area (Å²) in [6, 6.07) is 0. The molecular weight excluding hydrogens is 292 g/mol. The topological polar surface area (TPSA) is 92.5 Å². The zero-order chi connectivity index (χ0) is 9.46. The minimum Gasteiger partial charge on any atom is -0.505 e. The molecule has 0 aromatic heterocycles. The van der Waals surface area contributed by atoms with Gasteiger partial charge in [0.05, 0.1) is 8.95 Å². The summed E-state index contributed by atoms with van der Waals surface area (Å²) in [4.78, 5) is 0. The summed E-state index contributed by atoms with van der Waals surface area (Å²) < 4.78 is 0.568. The normalized spacial score (nSPS) is 10.2. The molecule has 6 N–H and O–H groups in total. The van der Waals surface area contributed by atoms with Crippen LogP contribution in [0.2, 0.25) is 0 Å². The summed E-state index contributed by atoms with van der Waals surface area (Å²) in [7, 11) is 0. The lowest BCUT2D eigenvalue weighted by atomic mass is 10.2. The van der Waals surface area contributed by atoms with E-state index in [9.17, 15) is 10.2 Å². The van der Waals surface area contributed by atoms with Crippen LogP contribution in [-0.2, 0) is 0 Å². The van der Waals surface area contributed by atoms with Gasteiger partial charge in [0.25, 0.3) is 0 Å². The van der Waals surface area contributed by atoms with Crippen molar-refractivity contribution >= 4 is 43.2 Å². The Kier molecular flexibility index (Phi) is 2.39. The molecule has 4 nitrogen and oxygen atoms in total. The predicted molar refractivity (Wildman–Crippen MR) is 54.0 cm³/mol. The van der Waals surface area contributed by atoms with Gasteiger partial charge in [-0.25, -0.2) is 0 Å². The maximum Gasteiger partial charge on any atom is 0.156 e. The highest BCUT2D eigenvalue weighted by atomic mass is 79.9. The average Bonchev–Trinajstić information content (AvgIpc) is 2.08. The van der Waals surface area contributed by atoms with Crippen LogP contribution in [0.4, 0.5) is 11.4 Å². The monoisotopic (exact) mass is 296 g/mol. The van der Waals surface area contributed by atoms with Crippen LogP contribution in [0, 0.1) is 0 Å². The number of aromatic hydroxyl groups is 2. The van der Waals surface area contributed by atoms with E-state index in [0.717, 1.165) is 0 Å². The van der Waals surface area contributed by atoms with E-state index in [-0.39, 0.29) is 31.8 Å². The lowest BCUT2D eigenvalue weighted by Crippen LogP contribution is -1.96. The van der Waals surface area contributed by atoms with Gasteiger partial charge in [0.1, 0.15) is 11.4 Å². The van der Waals surface area contributed by atoms with Gasteiger partial charge in [-0.2, -0.15) is 0 Å². The number of anilines is 2. The van der Waals surface area contributed by atoms with Gasteiger partial charge in [0.2, 0.25) is 0 Å².